The largest absolute Gasteiger partial charge is 0.387 e. The van der Waals surface area contributed by atoms with E-state index in [-0.39, 0.29) is 6.10 Å². The number of aliphatic hydroxyl groups is 1. The summed E-state index contributed by atoms with van der Waals surface area (Å²) in [4.78, 5) is 2.49. The Balaban J connectivity index is 1.67. The molecular weight excluding hydrogens is 224 g/mol. The summed E-state index contributed by atoms with van der Waals surface area (Å²) in [6, 6.07) is 11.5. The van der Waals surface area contributed by atoms with Gasteiger partial charge in [0.15, 0.2) is 0 Å². The Morgan fingerprint density at radius 3 is 2.39 bits per heavy atom. The average Bonchev–Trinajstić information content (AvgIpc) is 2.62. The number of benzene rings is 1. The molecule has 0 spiro atoms. The second-order valence-corrected chi connectivity index (χ2v) is 5.74. The van der Waals surface area contributed by atoms with Gasteiger partial charge >= 0.3 is 0 Å². The van der Waals surface area contributed by atoms with Gasteiger partial charge in [0.1, 0.15) is 0 Å². The van der Waals surface area contributed by atoms with Crippen molar-refractivity contribution >= 4 is 0 Å². The molecule has 1 aromatic rings. The van der Waals surface area contributed by atoms with Crippen molar-refractivity contribution in [1.29, 1.82) is 0 Å². The van der Waals surface area contributed by atoms with Crippen LogP contribution in [-0.4, -0.2) is 34.7 Å². The zero-order chi connectivity index (χ0) is 12.5. The first-order valence-corrected chi connectivity index (χ1v) is 6.98. The molecule has 3 atom stereocenters. The van der Waals surface area contributed by atoms with Gasteiger partial charge in [0, 0.05) is 24.7 Å². The van der Waals surface area contributed by atoms with Crippen molar-refractivity contribution in [2.75, 3.05) is 6.54 Å². The van der Waals surface area contributed by atoms with Crippen LogP contribution in [0.15, 0.2) is 30.3 Å². The summed E-state index contributed by atoms with van der Waals surface area (Å²) in [5, 5.41) is 10.3. The molecule has 98 valence electrons. The molecule has 3 nitrogen and oxygen atoms in total. The topological polar surface area (TPSA) is 49.5 Å². The number of hydrogen-bond donors (Lipinski definition) is 2. The van der Waals surface area contributed by atoms with Crippen LogP contribution in [0.1, 0.15) is 37.4 Å². The minimum Gasteiger partial charge on any atom is -0.387 e. The summed E-state index contributed by atoms with van der Waals surface area (Å²) in [6.07, 6.45) is 4.32. The smallest absolute Gasteiger partial charge is 0.0917 e. The standard InChI is InChI=1S/C15H22N2O/c16-12-8-13-6-7-14(9-12)17(13)10-15(18)11-4-2-1-3-5-11/h1-5,12-15,18H,6-10,16H2. The number of rotatable bonds is 3. The zero-order valence-electron chi connectivity index (χ0n) is 10.7. The van der Waals surface area contributed by atoms with Gasteiger partial charge in [0.05, 0.1) is 6.10 Å². The Morgan fingerprint density at radius 1 is 1.17 bits per heavy atom. The summed E-state index contributed by atoms with van der Waals surface area (Å²) in [5.41, 5.74) is 7.09. The lowest BCUT2D eigenvalue weighted by molar-refractivity contribution is 0.0565. The Labute approximate surface area is 109 Å². The number of fused-ring (bicyclic) bond motifs is 2. The number of nitrogens with zero attached hydrogens (tertiary/aromatic N) is 1. The van der Waals surface area contributed by atoms with Crippen LogP contribution in [0, 0.1) is 0 Å². The van der Waals surface area contributed by atoms with E-state index in [2.05, 4.69) is 4.90 Å². The molecule has 0 aliphatic carbocycles. The molecule has 2 fully saturated rings. The Bertz CT molecular complexity index is 381. The summed E-state index contributed by atoms with van der Waals surface area (Å²) < 4.78 is 0. The summed E-state index contributed by atoms with van der Waals surface area (Å²) in [7, 11) is 0. The summed E-state index contributed by atoms with van der Waals surface area (Å²) >= 11 is 0. The van der Waals surface area contributed by atoms with Crippen molar-refractivity contribution in [3.8, 4) is 0 Å². The first-order valence-electron chi connectivity index (χ1n) is 6.98. The Kier molecular flexibility index (Phi) is 3.37. The minimum atomic E-state index is -0.372. The molecule has 18 heavy (non-hydrogen) atoms. The Morgan fingerprint density at radius 2 is 1.78 bits per heavy atom. The fraction of sp³-hybridized carbons (Fsp3) is 0.600. The van der Waals surface area contributed by atoms with E-state index >= 15 is 0 Å². The third kappa shape index (κ3) is 2.30. The second kappa shape index (κ2) is 5.00. The van der Waals surface area contributed by atoms with Crippen molar-refractivity contribution in [2.24, 2.45) is 5.73 Å². The van der Waals surface area contributed by atoms with E-state index in [1.807, 2.05) is 30.3 Å². The zero-order valence-corrected chi connectivity index (χ0v) is 10.7. The quantitative estimate of drug-likeness (QED) is 0.853. The SMILES string of the molecule is NC1CC2CCC(C1)N2CC(O)c1ccccc1. The van der Waals surface area contributed by atoms with E-state index in [0.717, 1.165) is 24.9 Å². The van der Waals surface area contributed by atoms with Gasteiger partial charge in [0.2, 0.25) is 0 Å². The molecular formula is C15H22N2O. The van der Waals surface area contributed by atoms with Crippen LogP contribution < -0.4 is 5.73 Å². The summed E-state index contributed by atoms with van der Waals surface area (Å²) in [5.74, 6) is 0. The maximum absolute atomic E-state index is 10.3. The molecule has 2 heterocycles. The van der Waals surface area contributed by atoms with Gasteiger partial charge in [-0.25, -0.2) is 0 Å². The van der Waals surface area contributed by atoms with Gasteiger partial charge in [-0.2, -0.15) is 0 Å². The first-order chi connectivity index (χ1) is 8.74. The number of aliphatic hydroxyl groups excluding tert-OH is 1. The highest BCUT2D eigenvalue weighted by Crippen LogP contribution is 2.36. The normalized spacial score (nSPS) is 33.6. The molecule has 3 rings (SSSR count). The molecule has 3 unspecified atom stereocenters. The van der Waals surface area contributed by atoms with Crippen LogP contribution in [-0.2, 0) is 0 Å². The predicted octanol–water partition coefficient (Wildman–Crippen LogP) is 1.67. The van der Waals surface area contributed by atoms with Gasteiger partial charge < -0.3 is 10.8 Å². The highest BCUT2D eigenvalue weighted by atomic mass is 16.3. The highest BCUT2D eigenvalue weighted by Gasteiger charge is 2.40. The van der Waals surface area contributed by atoms with Crippen molar-refractivity contribution in [2.45, 2.75) is 49.9 Å². The number of piperidine rings is 1. The van der Waals surface area contributed by atoms with Crippen LogP contribution >= 0.6 is 0 Å². The second-order valence-electron chi connectivity index (χ2n) is 5.74. The molecule has 0 aromatic heterocycles. The molecule has 0 saturated carbocycles. The van der Waals surface area contributed by atoms with Crippen LogP contribution in [0.3, 0.4) is 0 Å². The van der Waals surface area contributed by atoms with E-state index < -0.39 is 0 Å². The predicted molar refractivity (Wildman–Crippen MR) is 72.1 cm³/mol. The molecule has 0 radical (unpaired) electrons. The van der Waals surface area contributed by atoms with Crippen LogP contribution in [0.4, 0.5) is 0 Å². The lowest BCUT2D eigenvalue weighted by atomic mass is 9.97. The fourth-order valence-electron chi connectivity index (χ4n) is 3.59. The van der Waals surface area contributed by atoms with Crippen molar-refractivity contribution in [3.63, 3.8) is 0 Å². The number of hydrogen-bond acceptors (Lipinski definition) is 3. The van der Waals surface area contributed by atoms with Gasteiger partial charge in [0.25, 0.3) is 0 Å². The minimum absolute atomic E-state index is 0.368. The van der Waals surface area contributed by atoms with Crippen LogP contribution in [0.25, 0.3) is 0 Å². The molecule has 0 amide bonds. The van der Waals surface area contributed by atoms with Gasteiger partial charge in [-0.1, -0.05) is 30.3 Å². The highest BCUT2D eigenvalue weighted by molar-refractivity contribution is 5.18. The Hall–Kier alpha value is -0.900. The average molecular weight is 246 g/mol. The molecule has 2 aliphatic rings. The van der Waals surface area contributed by atoms with E-state index in [1.165, 1.54) is 12.8 Å². The van der Waals surface area contributed by atoms with Crippen LogP contribution in [0.5, 0.6) is 0 Å². The molecule has 3 heteroatoms. The third-order valence-electron chi connectivity index (χ3n) is 4.49. The van der Waals surface area contributed by atoms with Gasteiger partial charge in [-0.15, -0.1) is 0 Å². The first kappa shape index (κ1) is 12.2. The van der Waals surface area contributed by atoms with Crippen molar-refractivity contribution < 1.29 is 5.11 Å². The number of nitrogens with two attached hydrogens (primary N) is 1. The molecule has 1 aromatic carbocycles. The molecule has 3 N–H and O–H groups in total. The monoisotopic (exact) mass is 246 g/mol. The van der Waals surface area contributed by atoms with E-state index in [1.54, 1.807) is 0 Å². The maximum atomic E-state index is 10.3. The molecule has 2 aliphatic heterocycles. The summed E-state index contributed by atoms with van der Waals surface area (Å²) in [6.45, 7) is 0.756. The third-order valence-corrected chi connectivity index (χ3v) is 4.49. The molecule has 2 bridgehead atoms. The van der Waals surface area contributed by atoms with Crippen molar-refractivity contribution in [3.05, 3.63) is 35.9 Å². The van der Waals surface area contributed by atoms with E-state index in [4.69, 9.17) is 5.73 Å². The van der Waals surface area contributed by atoms with Gasteiger partial charge in [-0.3, -0.25) is 4.90 Å². The van der Waals surface area contributed by atoms with E-state index in [9.17, 15) is 5.11 Å². The lowest BCUT2D eigenvalue weighted by Gasteiger charge is -2.38. The molecule has 2 saturated heterocycles. The van der Waals surface area contributed by atoms with Crippen LogP contribution in [0.2, 0.25) is 0 Å². The van der Waals surface area contributed by atoms with E-state index in [0.29, 0.717) is 18.1 Å². The fourth-order valence-corrected chi connectivity index (χ4v) is 3.59. The van der Waals surface area contributed by atoms with Crippen molar-refractivity contribution in [1.82, 2.24) is 4.90 Å². The maximum Gasteiger partial charge on any atom is 0.0917 e. The lowest BCUT2D eigenvalue weighted by Crippen LogP contribution is -2.48. The van der Waals surface area contributed by atoms with Gasteiger partial charge in [-0.05, 0) is 31.2 Å².